The summed E-state index contributed by atoms with van der Waals surface area (Å²) in [5.41, 5.74) is 1.99. The van der Waals surface area contributed by atoms with Gasteiger partial charge in [0.15, 0.2) is 0 Å². The topological polar surface area (TPSA) is 55.9 Å². The zero-order valence-electron chi connectivity index (χ0n) is 17.1. The van der Waals surface area contributed by atoms with E-state index in [1.54, 1.807) is 0 Å². The molecule has 3 amide bonds. The Hall–Kier alpha value is -1.92. The lowest BCUT2D eigenvalue weighted by molar-refractivity contribution is -0.136. The number of hydrogen-bond acceptors (Lipinski definition) is 4. The van der Waals surface area contributed by atoms with Crippen molar-refractivity contribution >= 4 is 11.9 Å². The van der Waals surface area contributed by atoms with E-state index in [1.807, 2.05) is 0 Å². The Balaban J connectivity index is 1.32. The monoisotopic (exact) mass is 384 g/mol. The van der Waals surface area contributed by atoms with Crippen molar-refractivity contribution in [1.82, 2.24) is 20.0 Å². The third-order valence-electron chi connectivity index (χ3n) is 6.80. The van der Waals surface area contributed by atoms with Gasteiger partial charge in [0.25, 0.3) is 5.91 Å². The Morgan fingerprint density at radius 3 is 2.57 bits per heavy atom. The van der Waals surface area contributed by atoms with Gasteiger partial charge in [0.2, 0.25) is 0 Å². The number of imide groups is 1. The number of aryl methyl sites for hydroxylation is 1. The molecule has 1 aliphatic carbocycles. The first-order valence-corrected chi connectivity index (χ1v) is 10.6. The maximum Gasteiger partial charge on any atom is 0.326 e. The molecule has 2 heterocycles. The van der Waals surface area contributed by atoms with Gasteiger partial charge in [-0.15, -0.1) is 0 Å². The molecule has 1 saturated carbocycles. The number of carbonyl (C=O) groups is 2. The van der Waals surface area contributed by atoms with Gasteiger partial charge in [-0.3, -0.25) is 14.6 Å². The first-order valence-electron chi connectivity index (χ1n) is 10.6. The van der Waals surface area contributed by atoms with Gasteiger partial charge in [-0.1, -0.05) is 49.6 Å². The molecule has 4 rings (SSSR count). The minimum atomic E-state index is -0.650. The van der Waals surface area contributed by atoms with Crippen molar-refractivity contribution in [3.63, 3.8) is 0 Å². The van der Waals surface area contributed by atoms with Crippen LogP contribution in [0.25, 0.3) is 0 Å². The molecule has 0 radical (unpaired) electrons. The van der Waals surface area contributed by atoms with E-state index in [-0.39, 0.29) is 17.9 Å². The number of hydrogen-bond donors (Lipinski definition) is 1. The van der Waals surface area contributed by atoms with Crippen LogP contribution in [-0.2, 0) is 11.3 Å². The molecule has 1 spiro atoms. The minimum Gasteiger partial charge on any atom is -0.323 e. The fraction of sp³-hybridized carbons (Fsp3) is 0.636. The molecule has 0 unspecified atom stereocenters. The molecule has 3 aliphatic rings. The van der Waals surface area contributed by atoms with E-state index in [2.05, 4.69) is 53.2 Å². The van der Waals surface area contributed by atoms with Crippen LogP contribution in [0.4, 0.5) is 4.79 Å². The normalized spacial score (nSPS) is 29.5. The van der Waals surface area contributed by atoms with Gasteiger partial charge in [-0.05, 0) is 31.2 Å². The number of nitrogens with zero attached hydrogens (tertiary/aromatic N) is 3. The minimum absolute atomic E-state index is 0.00751. The first kappa shape index (κ1) is 19.4. The Kier molecular flexibility index (Phi) is 5.43. The summed E-state index contributed by atoms with van der Waals surface area (Å²) in [5, 5.41) is 3.06. The van der Waals surface area contributed by atoms with Crippen LogP contribution in [0.1, 0.15) is 43.7 Å². The van der Waals surface area contributed by atoms with Crippen LogP contribution < -0.4 is 5.32 Å². The Morgan fingerprint density at radius 1 is 1.11 bits per heavy atom. The van der Waals surface area contributed by atoms with Gasteiger partial charge in [-0.2, -0.15) is 0 Å². The highest BCUT2D eigenvalue weighted by Gasteiger charge is 2.55. The van der Waals surface area contributed by atoms with Gasteiger partial charge in [0.1, 0.15) is 5.54 Å². The van der Waals surface area contributed by atoms with Crippen LogP contribution in [0.15, 0.2) is 24.3 Å². The molecule has 152 valence electrons. The third-order valence-corrected chi connectivity index (χ3v) is 6.80. The van der Waals surface area contributed by atoms with Crippen molar-refractivity contribution in [3.8, 4) is 0 Å². The maximum atomic E-state index is 13.1. The summed E-state index contributed by atoms with van der Waals surface area (Å²) in [4.78, 5) is 31.8. The molecule has 0 bridgehead atoms. The van der Waals surface area contributed by atoms with Crippen LogP contribution in [0.2, 0.25) is 0 Å². The van der Waals surface area contributed by atoms with E-state index in [9.17, 15) is 9.59 Å². The van der Waals surface area contributed by atoms with Crippen molar-refractivity contribution < 1.29 is 9.59 Å². The predicted octanol–water partition coefficient (Wildman–Crippen LogP) is 2.57. The molecule has 1 N–H and O–H groups in total. The smallest absolute Gasteiger partial charge is 0.323 e. The van der Waals surface area contributed by atoms with Crippen LogP contribution in [0.3, 0.4) is 0 Å². The van der Waals surface area contributed by atoms with Gasteiger partial charge < -0.3 is 5.32 Å². The second kappa shape index (κ2) is 7.84. The van der Waals surface area contributed by atoms with E-state index in [0.717, 1.165) is 58.4 Å². The summed E-state index contributed by atoms with van der Waals surface area (Å²) in [5.74, 6) is 0.209. The highest BCUT2D eigenvalue weighted by atomic mass is 16.2. The van der Waals surface area contributed by atoms with E-state index in [4.69, 9.17) is 0 Å². The molecule has 6 nitrogen and oxygen atoms in total. The Bertz CT molecular complexity index is 744. The number of benzene rings is 1. The molecule has 0 aromatic heterocycles. The van der Waals surface area contributed by atoms with E-state index in [0.29, 0.717) is 6.67 Å². The van der Waals surface area contributed by atoms with Crippen LogP contribution in [0, 0.1) is 12.8 Å². The standard InChI is InChI=1S/C22H32N4O2/c1-17-6-5-8-19(14-17)15-24-10-12-25(13-11-24)16-26-20(27)22(23-21(26)28)9-4-3-7-18(22)2/h5-6,8,14,18H,3-4,7,9-13,15-16H2,1-2H3,(H,23,28)/t18-,22+/m1/s1. The van der Waals surface area contributed by atoms with Crippen molar-refractivity contribution in [1.29, 1.82) is 0 Å². The highest BCUT2D eigenvalue weighted by Crippen LogP contribution is 2.38. The van der Waals surface area contributed by atoms with Crippen molar-refractivity contribution in [2.24, 2.45) is 5.92 Å². The first-order chi connectivity index (χ1) is 13.5. The fourth-order valence-electron chi connectivity index (χ4n) is 4.98. The van der Waals surface area contributed by atoms with E-state index >= 15 is 0 Å². The predicted molar refractivity (Wildman–Crippen MR) is 109 cm³/mol. The largest absolute Gasteiger partial charge is 0.326 e. The molecule has 28 heavy (non-hydrogen) atoms. The zero-order valence-corrected chi connectivity index (χ0v) is 17.1. The molecule has 2 saturated heterocycles. The van der Waals surface area contributed by atoms with Crippen LogP contribution in [-0.4, -0.2) is 65.0 Å². The van der Waals surface area contributed by atoms with Gasteiger partial charge in [0.05, 0.1) is 6.67 Å². The molecule has 3 fully saturated rings. The molecular formula is C22H32N4O2. The number of rotatable bonds is 4. The quantitative estimate of drug-likeness (QED) is 0.811. The molecule has 1 aromatic rings. The average molecular weight is 385 g/mol. The lowest BCUT2D eigenvalue weighted by Gasteiger charge is -2.38. The molecule has 2 aliphatic heterocycles. The summed E-state index contributed by atoms with van der Waals surface area (Å²) in [7, 11) is 0. The van der Waals surface area contributed by atoms with E-state index in [1.165, 1.54) is 16.0 Å². The summed E-state index contributed by atoms with van der Waals surface area (Å²) in [6.07, 6.45) is 3.95. The second-order valence-electron chi connectivity index (χ2n) is 8.81. The number of urea groups is 1. The van der Waals surface area contributed by atoms with Gasteiger partial charge >= 0.3 is 6.03 Å². The highest BCUT2D eigenvalue weighted by molar-refractivity contribution is 6.07. The summed E-state index contributed by atoms with van der Waals surface area (Å²) in [6, 6.07) is 8.45. The SMILES string of the molecule is Cc1cccc(CN2CCN(CN3C(=O)N[C@]4(CCCC[C@H]4C)C3=O)CC2)c1. The average Bonchev–Trinajstić information content (AvgIpc) is 2.91. The summed E-state index contributed by atoms with van der Waals surface area (Å²) in [6.45, 7) is 9.27. The Morgan fingerprint density at radius 2 is 1.86 bits per heavy atom. The second-order valence-corrected chi connectivity index (χ2v) is 8.81. The molecule has 6 heteroatoms. The van der Waals surface area contributed by atoms with Crippen molar-refractivity contribution in [2.75, 3.05) is 32.8 Å². The van der Waals surface area contributed by atoms with Crippen molar-refractivity contribution in [3.05, 3.63) is 35.4 Å². The van der Waals surface area contributed by atoms with Gasteiger partial charge in [-0.25, -0.2) is 9.69 Å². The maximum absolute atomic E-state index is 13.1. The third kappa shape index (κ3) is 3.67. The summed E-state index contributed by atoms with van der Waals surface area (Å²) >= 11 is 0. The van der Waals surface area contributed by atoms with E-state index < -0.39 is 5.54 Å². The van der Waals surface area contributed by atoms with Crippen molar-refractivity contribution in [2.45, 2.75) is 51.6 Å². The molecular weight excluding hydrogens is 352 g/mol. The summed E-state index contributed by atoms with van der Waals surface area (Å²) < 4.78 is 0. The number of carbonyl (C=O) groups excluding carboxylic acids is 2. The van der Waals surface area contributed by atoms with Crippen LogP contribution >= 0.6 is 0 Å². The lowest BCUT2D eigenvalue weighted by Crippen LogP contribution is -2.55. The van der Waals surface area contributed by atoms with Crippen LogP contribution in [0.5, 0.6) is 0 Å². The zero-order chi connectivity index (χ0) is 19.7. The molecule has 2 atom stereocenters. The van der Waals surface area contributed by atoms with Gasteiger partial charge in [0, 0.05) is 32.7 Å². The fourth-order valence-corrected chi connectivity index (χ4v) is 4.98. The number of piperazine rings is 1. The molecule has 1 aromatic carbocycles. The number of amides is 3. The lowest BCUT2D eigenvalue weighted by atomic mass is 9.73. The number of nitrogens with one attached hydrogen (secondary N) is 1. The Labute approximate surface area is 167 Å².